The second-order valence-electron chi connectivity index (χ2n) is 3.88. The SMILES string of the molecule is CCC1COCCN1CC(O)CC(=O)O. The third-order valence-corrected chi connectivity index (χ3v) is 2.68. The molecule has 2 N–H and O–H groups in total. The first-order valence-electron chi connectivity index (χ1n) is 5.35. The first-order chi connectivity index (χ1) is 7.13. The molecule has 0 aromatic carbocycles. The molecule has 88 valence electrons. The van der Waals surface area contributed by atoms with Gasteiger partial charge in [0.1, 0.15) is 0 Å². The Balaban J connectivity index is 2.37. The summed E-state index contributed by atoms with van der Waals surface area (Å²) in [5, 5.41) is 18.1. The highest BCUT2D eigenvalue weighted by molar-refractivity contribution is 5.67. The quantitative estimate of drug-likeness (QED) is 0.674. The minimum Gasteiger partial charge on any atom is -0.481 e. The predicted molar refractivity (Wildman–Crippen MR) is 54.7 cm³/mol. The van der Waals surface area contributed by atoms with Crippen LogP contribution in [0.15, 0.2) is 0 Å². The Morgan fingerprint density at radius 3 is 3.00 bits per heavy atom. The number of carbonyl (C=O) groups is 1. The van der Waals surface area contributed by atoms with Gasteiger partial charge in [0.05, 0.1) is 25.7 Å². The number of nitrogens with zero attached hydrogens (tertiary/aromatic N) is 1. The molecule has 0 amide bonds. The molecule has 1 rings (SSSR count). The molecule has 1 aliphatic heterocycles. The zero-order valence-corrected chi connectivity index (χ0v) is 9.06. The van der Waals surface area contributed by atoms with E-state index in [0.717, 1.165) is 13.0 Å². The second-order valence-corrected chi connectivity index (χ2v) is 3.88. The van der Waals surface area contributed by atoms with E-state index in [4.69, 9.17) is 9.84 Å². The highest BCUT2D eigenvalue weighted by Crippen LogP contribution is 2.11. The molecule has 0 aromatic rings. The van der Waals surface area contributed by atoms with Crippen molar-refractivity contribution in [3.05, 3.63) is 0 Å². The second kappa shape index (κ2) is 6.05. The van der Waals surface area contributed by atoms with Crippen LogP contribution < -0.4 is 0 Å². The molecule has 1 aliphatic rings. The van der Waals surface area contributed by atoms with Crippen LogP contribution in [0, 0.1) is 0 Å². The number of carboxylic acids is 1. The normalized spacial score (nSPS) is 25.1. The fourth-order valence-electron chi connectivity index (χ4n) is 1.84. The molecule has 1 heterocycles. The van der Waals surface area contributed by atoms with Gasteiger partial charge in [-0.25, -0.2) is 0 Å². The molecule has 2 atom stereocenters. The molecule has 2 unspecified atom stereocenters. The van der Waals surface area contributed by atoms with Crippen molar-refractivity contribution in [2.45, 2.75) is 31.9 Å². The van der Waals surface area contributed by atoms with Gasteiger partial charge in [-0.15, -0.1) is 0 Å². The maximum Gasteiger partial charge on any atom is 0.306 e. The fourth-order valence-corrected chi connectivity index (χ4v) is 1.84. The Morgan fingerprint density at radius 2 is 2.40 bits per heavy atom. The standard InChI is InChI=1S/C10H19NO4/c1-2-8-7-15-4-3-11(8)6-9(12)5-10(13)14/h8-9,12H,2-7H2,1H3,(H,13,14). The predicted octanol–water partition coefficient (Wildman–Crippen LogP) is -0.0672. The molecule has 0 radical (unpaired) electrons. The molecule has 1 fully saturated rings. The van der Waals surface area contributed by atoms with Crippen molar-refractivity contribution < 1.29 is 19.7 Å². The van der Waals surface area contributed by atoms with Gasteiger partial charge in [0.15, 0.2) is 0 Å². The zero-order chi connectivity index (χ0) is 11.3. The third-order valence-electron chi connectivity index (χ3n) is 2.68. The molecular weight excluding hydrogens is 198 g/mol. The maximum absolute atomic E-state index is 10.4. The molecule has 0 spiro atoms. The summed E-state index contributed by atoms with van der Waals surface area (Å²) in [4.78, 5) is 12.5. The smallest absolute Gasteiger partial charge is 0.306 e. The molecule has 5 heteroatoms. The third kappa shape index (κ3) is 4.15. The number of β-amino-alcohol motifs (C(OH)–C–C–N with tert-alkyl or cyclic N) is 1. The van der Waals surface area contributed by atoms with Gasteiger partial charge in [-0.1, -0.05) is 6.92 Å². The Bertz CT molecular complexity index is 210. The van der Waals surface area contributed by atoms with E-state index in [9.17, 15) is 9.90 Å². The topological polar surface area (TPSA) is 70.0 Å². The van der Waals surface area contributed by atoms with Crippen molar-refractivity contribution in [3.8, 4) is 0 Å². The summed E-state index contributed by atoms with van der Waals surface area (Å²) in [6.45, 7) is 4.60. The van der Waals surface area contributed by atoms with Gasteiger partial charge in [-0.3, -0.25) is 9.69 Å². The van der Waals surface area contributed by atoms with Crippen molar-refractivity contribution in [2.75, 3.05) is 26.3 Å². The van der Waals surface area contributed by atoms with Gasteiger partial charge in [0, 0.05) is 19.1 Å². The minimum atomic E-state index is -0.955. The Labute approximate surface area is 89.6 Å². The lowest BCUT2D eigenvalue weighted by Crippen LogP contribution is -2.48. The number of aliphatic hydroxyl groups excluding tert-OH is 1. The Kier molecular flexibility index (Phi) is 5.01. The molecule has 0 bridgehead atoms. The molecular formula is C10H19NO4. The highest BCUT2D eigenvalue weighted by atomic mass is 16.5. The van der Waals surface area contributed by atoms with Crippen LogP contribution in [0.1, 0.15) is 19.8 Å². The van der Waals surface area contributed by atoms with E-state index >= 15 is 0 Å². The molecule has 15 heavy (non-hydrogen) atoms. The summed E-state index contributed by atoms with van der Waals surface area (Å²) in [6, 6.07) is 0.308. The van der Waals surface area contributed by atoms with Crippen LogP contribution in [0.2, 0.25) is 0 Å². The Morgan fingerprint density at radius 1 is 1.67 bits per heavy atom. The van der Waals surface area contributed by atoms with Crippen molar-refractivity contribution >= 4 is 5.97 Å². The lowest BCUT2D eigenvalue weighted by molar-refractivity contribution is -0.139. The van der Waals surface area contributed by atoms with Crippen LogP contribution in [0.3, 0.4) is 0 Å². The van der Waals surface area contributed by atoms with E-state index in [-0.39, 0.29) is 6.42 Å². The first kappa shape index (κ1) is 12.4. The largest absolute Gasteiger partial charge is 0.481 e. The van der Waals surface area contributed by atoms with E-state index in [1.165, 1.54) is 0 Å². The van der Waals surface area contributed by atoms with Crippen molar-refractivity contribution in [2.24, 2.45) is 0 Å². The van der Waals surface area contributed by atoms with Crippen LogP contribution in [0.5, 0.6) is 0 Å². The fraction of sp³-hybridized carbons (Fsp3) is 0.900. The highest BCUT2D eigenvalue weighted by Gasteiger charge is 2.24. The summed E-state index contributed by atoms with van der Waals surface area (Å²) < 4.78 is 5.33. The van der Waals surface area contributed by atoms with Crippen molar-refractivity contribution in [1.29, 1.82) is 0 Å². The van der Waals surface area contributed by atoms with Crippen LogP contribution in [0.25, 0.3) is 0 Å². The number of morpholine rings is 1. The summed E-state index contributed by atoms with van der Waals surface area (Å²) in [6.07, 6.45) is -0.0113. The number of rotatable bonds is 5. The van der Waals surface area contributed by atoms with Crippen LogP contribution in [-0.4, -0.2) is 59.5 Å². The zero-order valence-electron chi connectivity index (χ0n) is 9.06. The maximum atomic E-state index is 10.4. The molecule has 0 saturated carbocycles. The van der Waals surface area contributed by atoms with E-state index in [1.807, 2.05) is 0 Å². The van der Waals surface area contributed by atoms with Crippen molar-refractivity contribution in [3.63, 3.8) is 0 Å². The van der Waals surface area contributed by atoms with Crippen LogP contribution >= 0.6 is 0 Å². The summed E-state index contributed by atoms with van der Waals surface area (Å²) in [5.41, 5.74) is 0. The van der Waals surface area contributed by atoms with Gasteiger partial charge < -0.3 is 14.9 Å². The van der Waals surface area contributed by atoms with E-state index in [1.54, 1.807) is 0 Å². The van der Waals surface area contributed by atoms with Gasteiger partial charge in [-0.2, -0.15) is 0 Å². The summed E-state index contributed by atoms with van der Waals surface area (Å²) >= 11 is 0. The molecule has 0 aliphatic carbocycles. The van der Waals surface area contributed by atoms with Crippen LogP contribution in [0.4, 0.5) is 0 Å². The van der Waals surface area contributed by atoms with Gasteiger partial charge >= 0.3 is 5.97 Å². The first-order valence-corrected chi connectivity index (χ1v) is 5.35. The molecule has 5 nitrogen and oxygen atoms in total. The number of aliphatic carboxylic acids is 1. The lowest BCUT2D eigenvalue weighted by Gasteiger charge is -2.35. The summed E-state index contributed by atoms with van der Waals surface area (Å²) in [5.74, 6) is -0.955. The lowest BCUT2D eigenvalue weighted by atomic mass is 10.1. The monoisotopic (exact) mass is 217 g/mol. The van der Waals surface area contributed by atoms with E-state index < -0.39 is 12.1 Å². The average Bonchev–Trinajstić information content (AvgIpc) is 2.17. The average molecular weight is 217 g/mol. The van der Waals surface area contributed by atoms with Gasteiger partial charge in [0.25, 0.3) is 0 Å². The molecule has 1 saturated heterocycles. The van der Waals surface area contributed by atoms with E-state index in [0.29, 0.717) is 25.8 Å². The van der Waals surface area contributed by atoms with E-state index in [2.05, 4.69) is 11.8 Å². The van der Waals surface area contributed by atoms with Crippen molar-refractivity contribution in [1.82, 2.24) is 4.90 Å². The number of ether oxygens (including phenoxy) is 1. The number of hydrogen-bond acceptors (Lipinski definition) is 4. The molecule has 0 aromatic heterocycles. The Hall–Kier alpha value is -0.650. The summed E-state index contributed by atoms with van der Waals surface area (Å²) in [7, 11) is 0. The van der Waals surface area contributed by atoms with Crippen LogP contribution in [-0.2, 0) is 9.53 Å². The number of aliphatic hydroxyl groups is 1. The van der Waals surface area contributed by atoms with Gasteiger partial charge in [-0.05, 0) is 6.42 Å². The number of carboxylic acid groups (broad SMARTS) is 1. The van der Waals surface area contributed by atoms with Gasteiger partial charge in [0.2, 0.25) is 0 Å². The number of hydrogen-bond donors (Lipinski definition) is 2. The minimum absolute atomic E-state index is 0.187.